The van der Waals surface area contributed by atoms with Gasteiger partial charge in [0.1, 0.15) is 6.10 Å². The first-order valence-electron chi connectivity index (χ1n) is 7.68. The van der Waals surface area contributed by atoms with Crippen LogP contribution < -0.4 is 0 Å². The van der Waals surface area contributed by atoms with E-state index >= 15 is 0 Å². The van der Waals surface area contributed by atoms with E-state index in [4.69, 9.17) is 4.74 Å². The molecule has 20 heavy (non-hydrogen) atoms. The van der Waals surface area contributed by atoms with Crippen molar-refractivity contribution >= 4 is 5.97 Å². The maximum atomic E-state index is 12.3. The van der Waals surface area contributed by atoms with Crippen molar-refractivity contribution in [2.45, 2.75) is 18.9 Å². The summed E-state index contributed by atoms with van der Waals surface area (Å²) < 4.78 is 5.90. The van der Waals surface area contributed by atoms with Crippen LogP contribution in [0.15, 0.2) is 30.3 Å². The molecule has 1 heterocycles. The molecule has 2 bridgehead atoms. The van der Waals surface area contributed by atoms with Gasteiger partial charge in [-0.3, -0.25) is 0 Å². The Labute approximate surface area is 119 Å². The average Bonchev–Trinajstić information content (AvgIpc) is 3.10. The highest BCUT2D eigenvalue weighted by molar-refractivity contribution is 5.89. The number of nitrogens with zero attached hydrogens (tertiary/aromatic N) is 1. The van der Waals surface area contributed by atoms with E-state index in [-0.39, 0.29) is 12.1 Å². The Morgan fingerprint density at radius 1 is 1.05 bits per heavy atom. The predicted octanol–water partition coefficient (Wildman–Crippen LogP) is 2.43. The fourth-order valence-corrected chi connectivity index (χ4v) is 4.86. The van der Waals surface area contributed by atoms with Crippen LogP contribution in [0.1, 0.15) is 23.2 Å². The van der Waals surface area contributed by atoms with E-state index < -0.39 is 0 Å². The lowest BCUT2D eigenvalue weighted by Crippen LogP contribution is -2.28. The van der Waals surface area contributed by atoms with Gasteiger partial charge in [-0.15, -0.1) is 0 Å². The standard InChI is InChI=1S/C17H21NO2/c1-18-9-14-12-7-8-13(15(14)10-18)16(12)20-17(19)11-5-3-2-4-6-11/h2-6,12-16H,7-10H2,1H3/t12-,13+,14-,15+,16?. The SMILES string of the molecule is CN1C[C@@H]2[C@H](C1)[C@H]1CC[C@@H]2C1OC(=O)c1ccccc1. The zero-order valence-electron chi connectivity index (χ0n) is 11.9. The van der Waals surface area contributed by atoms with E-state index in [2.05, 4.69) is 11.9 Å². The lowest BCUT2D eigenvalue weighted by Gasteiger charge is -2.21. The minimum atomic E-state index is -0.138. The second-order valence-corrected chi connectivity index (χ2v) is 6.69. The van der Waals surface area contributed by atoms with Gasteiger partial charge in [-0.25, -0.2) is 4.79 Å². The number of ether oxygens (including phenoxy) is 1. The smallest absolute Gasteiger partial charge is 0.338 e. The molecule has 1 aliphatic heterocycles. The van der Waals surface area contributed by atoms with Crippen LogP contribution in [0.2, 0.25) is 0 Å². The summed E-state index contributed by atoms with van der Waals surface area (Å²) in [4.78, 5) is 14.7. The van der Waals surface area contributed by atoms with Gasteiger partial charge in [-0.1, -0.05) is 18.2 Å². The first kappa shape index (κ1) is 12.4. The highest BCUT2D eigenvalue weighted by atomic mass is 16.5. The molecule has 3 fully saturated rings. The van der Waals surface area contributed by atoms with Crippen molar-refractivity contribution in [3.8, 4) is 0 Å². The fraction of sp³-hybridized carbons (Fsp3) is 0.588. The first-order valence-corrected chi connectivity index (χ1v) is 7.68. The molecule has 3 heteroatoms. The molecule has 2 saturated carbocycles. The molecule has 1 saturated heterocycles. The molecule has 5 atom stereocenters. The molecule has 0 aromatic heterocycles. The molecule has 1 unspecified atom stereocenters. The molecule has 0 N–H and O–H groups in total. The van der Waals surface area contributed by atoms with Crippen molar-refractivity contribution in [3.05, 3.63) is 35.9 Å². The molecule has 3 aliphatic rings. The second-order valence-electron chi connectivity index (χ2n) is 6.69. The van der Waals surface area contributed by atoms with Gasteiger partial charge in [0.15, 0.2) is 0 Å². The van der Waals surface area contributed by atoms with Gasteiger partial charge in [0.2, 0.25) is 0 Å². The van der Waals surface area contributed by atoms with Crippen molar-refractivity contribution in [1.29, 1.82) is 0 Å². The molecular weight excluding hydrogens is 250 g/mol. The third-order valence-electron chi connectivity index (χ3n) is 5.62. The summed E-state index contributed by atoms with van der Waals surface area (Å²) in [5.74, 6) is 2.57. The molecule has 0 radical (unpaired) electrons. The first-order chi connectivity index (χ1) is 9.74. The van der Waals surface area contributed by atoms with Gasteiger partial charge in [-0.05, 0) is 43.9 Å². The summed E-state index contributed by atoms with van der Waals surface area (Å²) in [6.07, 6.45) is 2.66. The van der Waals surface area contributed by atoms with Crippen molar-refractivity contribution in [3.63, 3.8) is 0 Å². The van der Waals surface area contributed by atoms with Crippen molar-refractivity contribution in [1.82, 2.24) is 4.90 Å². The maximum Gasteiger partial charge on any atom is 0.338 e. The Balaban J connectivity index is 1.50. The molecule has 3 nitrogen and oxygen atoms in total. The number of hydrogen-bond donors (Lipinski definition) is 0. The van der Waals surface area contributed by atoms with Crippen LogP contribution in [0, 0.1) is 23.7 Å². The normalized spacial score (nSPS) is 39.0. The Hall–Kier alpha value is -1.35. The predicted molar refractivity (Wildman–Crippen MR) is 76.3 cm³/mol. The van der Waals surface area contributed by atoms with Crippen molar-refractivity contribution < 1.29 is 9.53 Å². The third kappa shape index (κ3) is 1.80. The molecular formula is C17H21NO2. The molecule has 1 aromatic carbocycles. The summed E-state index contributed by atoms with van der Waals surface area (Å²) in [5.41, 5.74) is 0.682. The van der Waals surface area contributed by atoms with E-state index in [9.17, 15) is 4.79 Å². The van der Waals surface area contributed by atoms with Crippen molar-refractivity contribution in [2.24, 2.45) is 23.7 Å². The summed E-state index contributed by atoms with van der Waals surface area (Å²) >= 11 is 0. The highest BCUT2D eigenvalue weighted by Gasteiger charge is 2.58. The minimum Gasteiger partial charge on any atom is -0.458 e. The van der Waals surface area contributed by atoms with E-state index in [1.165, 1.54) is 25.9 Å². The molecule has 4 rings (SSSR count). The average molecular weight is 271 g/mol. The van der Waals surface area contributed by atoms with Gasteiger partial charge >= 0.3 is 5.97 Å². The van der Waals surface area contributed by atoms with Crippen LogP contribution in [0.5, 0.6) is 0 Å². The van der Waals surface area contributed by atoms with E-state index in [1.807, 2.05) is 30.3 Å². The van der Waals surface area contributed by atoms with E-state index in [0.29, 0.717) is 17.4 Å². The van der Waals surface area contributed by atoms with Crippen LogP contribution in [0.4, 0.5) is 0 Å². The van der Waals surface area contributed by atoms with Crippen molar-refractivity contribution in [2.75, 3.05) is 20.1 Å². The van der Waals surface area contributed by atoms with Crippen LogP contribution in [0.25, 0.3) is 0 Å². The van der Waals surface area contributed by atoms with Crippen LogP contribution in [-0.4, -0.2) is 37.1 Å². The summed E-state index contributed by atoms with van der Waals surface area (Å²) in [7, 11) is 2.21. The van der Waals surface area contributed by atoms with Crippen LogP contribution >= 0.6 is 0 Å². The number of hydrogen-bond acceptors (Lipinski definition) is 3. The Morgan fingerprint density at radius 2 is 1.65 bits per heavy atom. The number of benzene rings is 1. The second kappa shape index (κ2) is 4.59. The Morgan fingerprint density at radius 3 is 2.25 bits per heavy atom. The lowest BCUT2D eigenvalue weighted by molar-refractivity contribution is 0.0139. The van der Waals surface area contributed by atoms with Gasteiger partial charge in [0, 0.05) is 24.9 Å². The van der Waals surface area contributed by atoms with Gasteiger partial charge in [0.05, 0.1) is 5.56 Å². The topological polar surface area (TPSA) is 29.5 Å². The quantitative estimate of drug-likeness (QED) is 0.774. The fourth-order valence-electron chi connectivity index (χ4n) is 4.86. The summed E-state index contributed by atoms with van der Waals surface area (Å²) in [6, 6.07) is 9.39. The maximum absolute atomic E-state index is 12.3. The number of fused-ring (bicyclic) bond motifs is 5. The van der Waals surface area contributed by atoms with Gasteiger partial charge < -0.3 is 9.64 Å². The number of rotatable bonds is 2. The van der Waals surface area contributed by atoms with E-state index in [1.54, 1.807) is 0 Å². The van der Waals surface area contributed by atoms with E-state index in [0.717, 1.165) is 11.8 Å². The molecule has 0 spiro atoms. The Bertz CT molecular complexity index is 495. The minimum absolute atomic E-state index is 0.138. The van der Waals surface area contributed by atoms with Crippen LogP contribution in [-0.2, 0) is 4.74 Å². The number of esters is 1. The lowest BCUT2D eigenvalue weighted by atomic mass is 9.82. The summed E-state index contributed by atoms with van der Waals surface area (Å²) in [5, 5.41) is 0. The molecule has 106 valence electrons. The summed E-state index contributed by atoms with van der Waals surface area (Å²) in [6.45, 7) is 2.37. The zero-order chi connectivity index (χ0) is 13.7. The largest absolute Gasteiger partial charge is 0.458 e. The third-order valence-corrected chi connectivity index (χ3v) is 5.62. The molecule has 2 aliphatic carbocycles. The van der Waals surface area contributed by atoms with Gasteiger partial charge in [-0.2, -0.15) is 0 Å². The molecule has 1 aromatic rings. The monoisotopic (exact) mass is 271 g/mol. The number of carbonyl (C=O) groups is 1. The zero-order valence-corrected chi connectivity index (χ0v) is 11.9. The number of likely N-dealkylation sites (tertiary alicyclic amines) is 1. The molecule has 0 amide bonds. The highest BCUT2D eigenvalue weighted by Crippen LogP contribution is 2.56. The number of carbonyl (C=O) groups excluding carboxylic acids is 1. The Kier molecular flexibility index (Phi) is 2.84. The van der Waals surface area contributed by atoms with Crippen LogP contribution in [0.3, 0.4) is 0 Å². The van der Waals surface area contributed by atoms with Gasteiger partial charge in [0.25, 0.3) is 0 Å².